The van der Waals surface area contributed by atoms with Gasteiger partial charge in [0.15, 0.2) is 0 Å². The molecule has 0 bridgehead atoms. The molecule has 2 aromatic carbocycles. The standard InChI is InChI=1S/C18H16FN5O3/c1-11-16(24(25)26)17(22-14-5-3-4-6-15(14)27-2)23-18(20-11)21-13-9-7-12(19)8-10-13/h3-10H,1-2H3,(H2,20,21,22,23). The predicted molar refractivity (Wildman–Crippen MR) is 99.4 cm³/mol. The molecule has 0 saturated carbocycles. The molecular weight excluding hydrogens is 353 g/mol. The molecule has 0 unspecified atom stereocenters. The summed E-state index contributed by atoms with van der Waals surface area (Å²) in [5.74, 6) is 0.291. The highest BCUT2D eigenvalue weighted by molar-refractivity contribution is 5.72. The van der Waals surface area contributed by atoms with E-state index >= 15 is 0 Å². The number of hydrogen-bond acceptors (Lipinski definition) is 7. The molecule has 2 N–H and O–H groups in total. The Labute approximate surface area is 154 Å². The van der Waals surface area contributed by atoms with Crippen molar-refractivity contribution in [3.63, 3.8) is 0 Å². The van der Waals surface area contributed by atoms with Gasteiger partial charge in [-0.15, -0.1) is 0 Å². The Morgan fingerprint density at radius 1 is 1.07 bits per heavy atom. The number of ether oxygens (including phenoxy) is 1. The lowest BCUT2D eigenvalue weighted by atomic mass is 10.2. The van der Waals surface area contributed by atoms with Crippen LogP contribution in [0.5, 0.6) is 5.75 Å². The van der Waals surface area contributed by atoms with Crippen molar-refractivity contribution in [3.8, 4) is 5.75 Å². The lowest BCUT2D eigenvalue weighted by Crippen LogP contribution is -2.07. The molecule has 9 heteroatoms. The highest BCUT2D eigenvalue weighted by Gasteiger charge is 2.23. The zero-order chi connectivity index (χ0) is 19.4. The maximum Gasteiger partial charge on any atom is 0.332 e. The monoisotopic (exact) mass is 369 g/mol. The van der Waals surface area contributed by atoms with Crippen molar-refractivity contribution < 1.29 is 14.1 Å². The van der Waals surface area contributed by atoms with Gasteiger partial charge in [0.2, 0.25) is 11.8 Å². The fourth-order valence-electron chi connectivity index (χ4n) is 2.47. The molecule has 0 fully saturated rings. The van der Waals surface area contributed by atoms with E-state index < -0.39 is 4.92 Å². The third-order valence-electron chi connectivity index (χ3n) is 3.70. The largest absolute Gasteiger partial charge is 0.495 e. The van der Waals surface area contributed by atoms with Crippen molar-refractivity contribution in [1.82, 2.24) is 9.97 Å². The number of nitrogens with one attached hydrogen (secondary N) is 2. The molecule has 3 aromatic rings. The summed E-state index contributed by atoms with van der Waals surface area (Å²) in [7, 11) is 1.50. The van der Waals surface area contributed by atoms with Gasteiger partial charge in [-0.3, -0.25) is 10.1 Å². The van der Waals surface area contributed by atoms with E-state index in [1.165, 1.54) is 38.3 Å². The number of anilines is 4. The number of halogens is 1. The van der Waals surface area contributed by atoms with Crippen molar-refractivity contribution in [2.45, 2.75) is 6.92 Å². The van der Waals surface area contributed by atoms with E-state index in [2.05, 4.69) is 20.6 Å². The van der Waals surface area contributed by atoms with E-state index in [1.807, 2.05) is 0 Å². The van der Waals surface area contributed by atoms with E-state index in [9.17, 15) is 14.5 Å². The van der Waals surface area contributed by atoms with Crippen molar-refractivity contribution in [2.75, 3.05) is 17.7 Å². The van der Waals surface area contributed by atoms with Gasteiger partial charge in [-0.2, -0.15) is 4.98 Å². The molecule has 1 aromatic heterocycles. The average Bonchev–Trinajstić information content (AvgIpc) is 2.63. The SMILES string of the molecule is COc1ccccc1Nc1nc(Nc2ccc(F)cc2)nc(C)c1[N+](=O)[O-]. The number of aryl methyl sites for hydroxylation is 1. The molecule has 3 rings (SSSR count). The number of hydrogen-bond donors (Lipinski definition) is 2. The van der Waals surface area contributed by atoms with Crippen LogP contribution in [0.3, 0.4) is 0 Å². The Balaban J connectivity index is 2.01. The molecule has 0 spiro atoms. The zero-order valence-electron chi connectivity index (χ0n) is 14.6. The number of methoxy groups -OCH3 is 1. The highest BCUT2D eigenvalue weighted by atomic mass is 19.1. The lowest BCUT2D eigenvalue weighted by Gasteiger charge is -2.13. The van der Waals surface area contributed by atoms with Gasteiger partial charge in [0.05, 0.1) is 17.7 Å². The van der Waals surface area contributed by atoms with Crippen molar-refractivity contribution >= 4 is 28.8 Å². The Morgan fingerprint density at radius 3 is 2.44 bits per heavy atom. The first kappa shape index (κ1) is 18.1. The number of nitro groups is 1. The van der Waals surface area contributed by atoms with Gasteiger partial charge in [-0.25, -0.2) is 9.37 Å². The smallest absolute Gasteiger partial charge is 0.332 e. The van der Waals surface area contributed by atoms with E-state index in [4.69, 9.17) is 4.74 Å². The molecule has 0 amide bonds. The molecule has 0 atom stereocenters. The van der Waals surface area contributed by atoms with E-state index in [0.717, 1.165) is 0 Å². The minimum absolute atomic E-state index is 0.0154. The Hall–Kier alpha value is -3.75. The number of rotatable bonds is 6. The lowest BCUT2D eigenvalue weighted by molar-refractivity contribution is -0.385. The Kier molecular flexibility index (Phi) is 5.11. The van der Waals surface area contributed by atoms with Crippen LogP contribution in [0.25, 0.3) is 0 Å². The van der Waals surface area contributed by atoms with Crippen LogP contribution in [0.4, 0.5) is 33.2 Å². The van der Waals surface area contributed by atoms with Crippen LogP contribution in [0.2, 0.25) is 0 Å². The zero-order valence-corrected chi connectivity index (χ0v) is 14.6. The molecule has 0 saturated heterocycles. The first-order chi connectivity index (χ1) is 13.0. The second-order valence-electron chi connectivity index (χ2n) is 5.54. The molecule has 1 heterocycles. The molecular formula is C18H16FN5O3. The van der Waals surface area contributed by atoms with Crippen molar-refractivity contribution in [3.05, 3.63) is 70.2 Å². The molecule has 0 aliphatic heterocycles. The summed E-state index contributed by atoms with van der Waals surface area (Å²) in [5.41, 5.74) is 1.00. The maximum absolute atomic E-state index is 13.1. The van der Waals surface area contributed by atoms with Crippen LogP contribution in [0, 0.1) is 22.9 Å². The normalized spacial score (nSPS) is 10.3. The second-order valence-corrected chi connectivity index (χ2v) is 5.54. The Bertz CT molecular complexity index is 979. The molecule has 138 valence electrons. The third kappa shape index (κ3) is 4.09. The van der Waals surface area contributed by atoms with E-state index in [1.54, 1.807) is 24.3 Å². The maximum atomic E-state index is 13.1. The fraction of sp³-hybridized carbons (Fsp3) is 0.111. The minimum atomic E-state index is -0.547. The summed E-state index contributed by atoms with van der Waals surface area (Å²) in [4.78, 5) is 19.3. The summed E-state index contributed by atoms with van der Waals surface area (Å²) in [6, 6.07) is 12.6. The van der Waals surface area contributed by atoms with Crippen LogP contribution in [0.1, 0.15) is 5.69 Å². The van der Waals surface area contributed by atoms with Crippen molar-refractivity contribution in [2.24, 2.45) is 0 Å². The van der Waals surface area contributed by atoms with Crippen LogP contribution in [0.15, 0.2) is 48.5 Å². The van der Waals surface area contributed by atoms with E-state index in [0.29, 0.717) is 17.1 Å². The highest BCUT2D eigenvalue weighted by Crippen LogP contribution is 2.33. The second kappa shape index (κ2) is 7.65. The minimum Gasteiger partial charge on any atom is -0.495 e. The summed E-state index contributed by atoms with van der Waals surface area (Å²) in [6.07, 6.45) is 0. The quantitative estimate of drug-likeness (QED) is 0.492. The third-order valence-corrected chi connectivity index (χ3v) is 3.70. The molecule has 8 nitrogen and oxygen atoms in total. The molecule has 0 aliphatic carbocycles. The van der Waals surface area contributed by atoms with Crippen LogP contribution in [-0.2, 0) is 0 Å². The summed E-state index contributed by atoms with van der Waals surface area (Å²) in [6.45, 7) is 1.52. The molecule has 27 heavy (non-hydrogen) atoms. The Morgan fingerprint density at radius 2 is 1.78 bits per heavy atom. The first-order valence-electron chi connectivity index (χ1n) is 7.93. The van der Waals surface area contributed by atoms with Crippen molar-refractivity contribution in [1.29, 1.82) is 0 Å². The van der Waals surface area contributed by atoms with Gasteiger partial charge in [0.25, 0.3) is 0 Å². The number of aromatic nitrogens is 2. The summed E-state index contributed by atoms with van der Waals surface area (Å²) in [5, 5.41) is 17.3. The molecule has 0 aliphatic rings. The van der Waals surface area contributed by atoms with Crippen LogP contribution < -0.4 is 15.4 Å². The average molecular weight is 369 g/mol. The summed E-state index contributed by atoms with van der Waals surface area (Å²) >= 11 is 0. The van der Waals surface area contributed by atoms with Gasteiger partial charge >= 0.3 is 5.69 Å². The topological polar surface area (TPSA) is 102 Å². The number of nitrogens with zero attached hydrogens (tertiary/aromatic N) is 3. The van der Waals surface area contributed by atoms with Crippen LogP contribution in [-0.4, -0.2) is 22.0 Å². The van der Waals surface area contributed by atoms with Crippen LogP contribution >= 0.6 is 0 Å². The fourth-order valence-corrected chi connectivity index (χ4v) is 2.47. The van der Waals surface area contributed by atoms with Gasteiger partial charge < -0.3 is 15.4 Å². The number of benzene rings is 2. The van der Waals surface area contributed by atoms with Gasteiger partial charge in [0.1, 0.15) is 17.3 Å². The van der Waals surface area contributed by atoms with Gasteiger partial charge in [0, 0.05) is 5.69 Å². The summed E-state index contributed by atoms with van der Waals surface area (Å²) < 4.78 is 18.3. The predicted octanol–water partition coefficient (Wildman–Crippen LogP) is 4.33. The van der Waals surface area contributed by atoms with E-state index in [-0.39, 0.29) is 29.0 Å². The van der Waals surface area contributed by atoms with Gasteiger partial charge in [-0.1, -0.05) is 12.1 Å². The number of para-hydroxylation sites is 2. The van der Waals surface area contributed by atoms with Gasteiger partial charge in [-0.05, 0) is 43.3 Å². The first-order valence-corrected chi connectivity index (χ1v) is 7.93. The molecule has 0 radical (unpaired) electrons.